The predicted molar refractivity (Wildman–Crippen MR) is 137 cm³/mol. The molecule has 1 atom stereocenters. The highest BCUT2D eigenvalue weighted by molar-refractivity contribution is 7.89. The first-order valence-corrected chi connectivity index (χ1v) is 13.2. The van der Waals surface area contributed by atoms with Crippen LogP contribution < -0.4 is 4.90 Å². The lowest BCUT2D eigenvalue weighted by molar-refractivity contribution is -0.123. The monoisotopic (exact) mass is 493 g/mol. The fourth-order valence-corrected chi connectivity index (χ4v) is 6.15. The van der Waals surface area contributed by atoms with E-state index in [0.717, 1.165) is 22.4 Å². The molecule has 3 aromatic rings. The third-order valence-electron chi connectivity index (χ3n) is 6.39. The van der Waals surface area contributed by atoms with Crippen LogP contribution in [0.15, 0.2) is 57.9 Å². The smallest absolute Gasteiger partial charge is 0.248 e. The van der Waals surface area contributed by atoms with E-state index in [1.54, 1.807) is 31.0 Å². The summed E-state index contributed by atoms with van der Waals surface area (Å²) in [6.07, 6.45) is 4.69. The van der Waals surface area contributed by atoms with E-state index in [0.29, 0.717) is 25.1 Å². The summed E-state index contributed by atoms with van der Waals surface area (Å²) >= 11 is 0. The fraction of sp³-hybridized carbons (Fsp3) is 0.333. The zero-order chi connectivity index (χ0) is 25.2. The van der Waals surface area contributed by atoms with Crippen LogP contribution in [-0.2, 0) is 14.8 Å². The van der Waals surface area contributed by atoms with Crippen molar-refractivity contribution in [2.75, 3.05) is 25.0 Å². The average molecular weight is 494 g/mol. The van der Waals surface area contributed by atoms with E-state index < -0.39 is 15.9 Å². The van der Waals surface area contributed by atoms with Crippen molar-refractivity contribution in [2.24, 2.45) is 5.92 Å². The molecule has 2 heterocycles. The molecule has 1 unspecified atom stereocenters. The van der Waals surface area contributed by atoms with Gasteiger partial charge in [-0.05, 0) is 62.9 Å². The van der Waals surface area contributed by atoms with Gasteiger partial charge in [-0.1, -0.05) is 53.2 Å². The van der Waals surface area contributed by atoms with Crippen LogP contribution in [0.25, 0.3) is 12.2 Å². The van der Waals surface area contributed by atoms with Crippen LogP contribution in [-0.4, -0.2) is 43.9 Å². The standard InChI is InChI=1S/C27H31N3O4S/c1-19-10-12-22(13-11-19)14-15-25-26(21(3)28-34-25)35(32,33)30-16-6-8-23(18-30)27(31)29(4)24-9-5-7-20(2)17-24/h5,7,9-15,17,23H,6,8,16,18H2,1-4H3/b15-14+. The number of anilines is 1. The van der Waals surface area contributed by atoms with Crippen LogP contribution in [0.4, 0.5) is 5.69 Å². The third-order valence-corrected chi connectivity index (χ3v) is 8.41. The van der Waals surface area contributed by atoms with Crippen molar-refractivity contribution >= 4 is 33.8 Å². The molecule has 0 saturated carbocycles. The Bertz CT molecular complexity index is 1340. The van der Waals surface area contributed by atoms with Crippen LogP contribution in [0, 0.1) is 26.7 Å². The van der Waals surface area contributed by atoms with Crippen molar-refractivity contribution in [3.63, 3.8) is 0 Å². The van der Waals surface area contributed by atoms with Gasteiger partial charge in [-0.15, -0.1) is 0 Å². The summed E-state index contributed by atoms with van der Waals surface area (Å²) in [5.74, 6) is -0.318. The van der Waals surface area contributed by atoms with E-state index in [1.807, 2.05) is 62.4 Å². The Morgan fingerprint density at radius 3 is 2.54 bits per heavy atom. The summed E-state index contributed by atoms with van der Waals surface area (Å²) in [6, 6.07) is 15.6. The van der Waals surface area contributed by atoms with E-state index in [-0.39, 0.29) is 23.1 Å². The van der Waals surface area contributed by atoms with Crippen molar-refractivity contribution in [3.8, 4) is 0 Å². The van der Waals surface area contributed by atoms with Gasteiger partial charge in [0, 0.05) is 25.8 Å². The maximum absolute atomic E-state index is 13.7. The van der Waals surface area contributed by atoms with Crippen LogP contribution in [0.1, 0.15) is 41.0 Å². The second kappa shape index (κ2) is 10.2. The van der Waals surface area contributed by atoms with Crippen molar-refractivity contribution in [2.45, 2.75) is 38.5 Å². The highest BCUT2D eigenvalue weighted by Gasteiger charge is 2.37. The molecule has 1 fully saturated rings. The van der Waals surface area contributed by atoms with Crippen LogP contribution in [0.5, 0.6) is 0 Å². The highest BCUT2D eigenvalue weighted by Crippen LogP contribution is 2.30. The minimum Gasteiger partial charge on any atom is -0.355 e. The molecule has 0 aliphatic carbocycles. The molecule has 0 N–H and O–H groups in total. The lowest BCUT2D eigenvalue weighted by atomic mass is 9.98. The van der Waals surface area contributed by atoms with Gasteiger partial charge >= 0.3 is 0 Å². The summed E-state index contributed by atoms with van der Waals surface area (Å²) in [5, 5.41) is 3.93. The molecule has 35 heavy (non-hydrogen) atoms. The van der Waals surface area contributed by atoms with E-state index in [9.17, 15) is 13.2 Å². The first kappa shape index (κ1) is 24.9. The number of amides is 1. The number of hydrogen-bond donors (Lipinski definition) is 0. The number of rotatable bonds is 6. The minimum atomic E-state index is -3.90. The third kappa shape index (κ3) is 5.39. The molecule has 1 aromatic heterocycles. The molecule has 184 valence electrons. The number of carbonyl (C=O) groups excluding carboxylic acids is 1. The molecule has 0 radical (unpaired) electrons. The Balaban J connectivity index is 1.55. The van der Waals surface area contributed by atoms with E-state index >= 15 is 0 Å². The number of benzene rings is 2. The first-order chi connectivity index (χ1) is 16.7. The maximum Gasteiger partial charge on any atom is 0.248 e. The average Bonchev–Trinajstić information content (AvgIpc) is 3.24. The molecule has 4 rings (SSSR count). The van der Waals surface area contributed by atoms with Crippen molar-refractivity contribution < 1.29 is 17.7 Å². The molecule has 0 spiro atoms. The first-order valence-electron chi connectivity index (χ1n) is 11.7. The lowest BCUT2D eigenvalue weighted by Crippen LogP contribution is -2.46. The van der Waals surface area contributed by atoms with Gasteiger partial charge in [0.05, 0.1) is 5.92 Å². The normalized spacial score (nSPS) is 17.1. The van der Waals surface area contributed by atoms with E-state index in [1.165, 1.54) is 4.31 Å². The number of hydrogen-bond acceptors (Lipinski definition) is 5. The van der Waals surface area contributed by atoms with Gasteiger partial charge in [-0.2, -0.15) is 4.31 Å². The van der Waals surface area contributed by atoms with E-state index in [4.69, 9.17) is 4.52 Å². The van der Waals surface area contributed by atoms with Gasteiger partial charge in [0.2, 0.25) is 15.9 Å². The summed E-state index contributed by atoms with van der Waals surface area (Å²) < 4.78 is 34.1. The fourth-order valence-electron chi connectivity index (χ4n) is 4.38. The molecule has 1 saturated heterocycles. The van der Waals surface area contributed by atoms with Crippen molar-refractivity contribution in [3.05, 3.63) is 76.7 Å². The zero-order valence-electron chi connectivity index (χ0n) is 20.6. The van der Waals surface area contributed by atoms with Gasteiger partial charge in [-0.25, -0.2) is 8.42 Å². The predicted octanol–water partition coefficient (Wildman–Crippen LogP) is 4.83. The molecule has 0 bridgehead atoms. The lowest BCUT2D eigenvalue weighted by Gasteiger charge is -2.33. The van der Waals surface area contributed by atoms with Crippen molar-refractivity contribution in [1.82, 2.24) is 9.46 Å². The quantitative estimate of drug-likeness (QED) is 0.491. The summed E-state index contributed by atoms with van der Waals surface area (Å²) in [5.41, 5.74) is 4.23. The molecule has 7 nitrogen and oxygen atoms in total. The maximum atomic E-state index is 13.7. The van der Waals surface area contributed by atoms with E-state index in [2.05, 4.69) is 5.16 Å². The molecular weight excluding hydrogens is 462 g/mol. The SMILES string of the molecule is Cc1ccc(/C=C/c2onc(C)c2S(=O)(=O)N2CCCC(C(=O)N(C)c3cccc(C)c3)C2)cc1. The van der Waals surface area contributed by atoms with Gasteiger partial charge in [0.15, 0.2) is 10.7 Å². The number of aromatic nitrogens is 1. The molecule has 2 aromatic carbocycles. The van der Waals surface area contributed by atoms with Gasteiger partial charge in [0.1, 0.15) is 5.69 Å². The zero-order valence-corrected chi connectivity index (χ0v) is 21.4. The topological polar surface area (TPSA) is 83.7 Å². The van der Waals surface area contributed by atoms with Gasteiger partial charge in [0.25, 0.3) is 0 Å². The van der Waals surface area contributed by atoms with Crippen LogP contribution in [0.3, 0.4) is 0 Å². The van der Waals surface area contributed by atoms with Crippen LogP contribution in [0.2, 0.25) is 0 Å². The number of sulfonamides is 1. The Morgan fingerprint density at radius 2 is 1.83 bits per heavy atom. The largest absolute Gasteiger partial charge is 0.355 e. The number of nitrogens with zero attached hydrogens (tertiary/aromatic N) is 3. The second-order valence-electron chi connectivity index (χ2n) is 9.14. The van der Waals surface area contributed by atoms with Gasteiger partial charge in [-0.3, -0.25) is 4.79 Å². The Morgan fingerprint density at radius 1 is 1.09 bits per heavy atom. The summed E-state index contributed by atoms with van der Waals surface area (Å²) in [7, 11) is -2.16. The minimum absolute atomic E-state index is 0.0565. The van der Waals surface area contributed by atoms with Crippen LogP contribution >= 0.6 is 0 Å². The second-order valence-corrected chi connectivity index (χ2v) is 11.0. The molecule has 1 amide bonds. The Labute approximate surface area is 207 Å². The number of piperidine rings is 1. The molecule has 1 aliphatic rings. The van der Waals surface area contributed by atoms with Gasteiger partial charge < -0.3 is 9.42 Å². The molecular formula is C27H31N3O4S. The Kier molecular flexibility index (Phi) is 7.23. The number of aryl methyl sites for hydroxylation is 3. The summed E-state index contributed by atoms with van der Waals surface area (Å²) in [6.45, 7) is 6.09. The molecule has 1 aliphatic heterocycles. The highest BCUT2D eigenvalue weighted by atomic mass is 32.2. The molecule has 8 heteroatoms. The number of carbonyl (C=O) groups is 1. The summed E-state index contributed by atoms with van der Waals surface area (Å²) in [4.78, 5) is 14.9. The Hall–Kier alpha value is -3.23. The van der Waals surface area contributed by atoms with Crippen molar-refractivity contribution in [1.29, 1.82) is 0 Å².